The maximum absolute atomic E-state index is 11.0. The van der Waals surface area contributed by atoms with Gasteiger partial charge in [0.15, 0.2) is 0 Å². The molecule has 4 heteroatoms. The minimum absolute atomic E-state index is 0.352. The van der Waals surface area contributed by atoms with Crippen molar-refractivity contribution in [2.75, 3.05) is 5.75 Å². The van der Waals surface area contributed by atoms with Gasteiger partial charge in [0.1, 0.15) is 0 Å². The van der Waals surface area contributed by atoms with Gasteiger partial charge in [-0.3, -0.25) is 0 Å². The van der Waals surface area contributed by atoms with Gasteiger partial charge in [-0.15, -0.1) is 0 Å². The minimum atomic E-state index is -0.870. The molecular formula is C14H17NO2S. The van der Waals surface area contributed by atoms with E-state index in [1.165, 1.54) is 10.9 Å². The lowest BCUT2D eigenvalue weighted by atomic mass is 10.1. The Kier molecular flexibility index (Phi) is 3.97. The molecule has 0 aliphatic carbocycles. The van der Waals surface area contributed by atoms with Crippen LogP contribution in [0.5, 0.6) is 0 Å². The van der Waals surface area contributed by atoms with Crippen molar-refractivity contribution in [1.82, 2.24) is 4.57 Å². The van der Waals surface area contributed by atoms with Crippen molar-refractivity contribution in [2.24, 2.45) is 0 Å². The molecule has 0 amide bonds. The Balaban J connectivity index is 2.52. The molecule has 96 valence electrons. The predicted octanol–water partition coefficient (Wildman–Crippen LogP) is 3.61. The van der Waals surface area contributed by atoms with Crippen LogP contribution in [-0.2, 0) is 12.3 Å². The van der Waals surface area contributed by atoms with Gasteiger partial charge in [0.2, 0.25) is 0 Å². The van der Waals surface area contributed by atoms with E-state index >= 15 is 0 Å². The monoisotopic (exact) mass is 263 g/mol. The Bertz CT molecular complexity index is 574. The van der Waals surface area contributed by atoms with Gasteiger partial charge in [-0.1, -0.05) is 13.0 Å². The zero-order valence-corrected chi connectivity index (χ0v) is 11.5. The SMILES string of the molecule is CCSCc1cn(CC)c2cc(C(=O)O)ccc12. The third kappa shape index (κ3) is 2.38. The van der Waals surface area contributed by atoms with Crippen LogP contribution in [0.4, 0.5) is 0 Å². The molecule has 0 radical (unpaired) electrons. The van der Waals surface area contributed by atoms with E-state index in [4.69, 9.17) is 5.11 Å². The van der Waals surface area contributed by atoms with Gasteiger partial charge in [0.25, 0.3) is 0 Å². The molecule has 2 aromatic rings. The third-order valence-electron chi connectivity index (χ3n) is 3.01. The molecular weight excluding hydrogens is 246 g/mol. The van der Waals surface area contributed by atoms with Crippen LogP contribution in [0.25, 0.3) is 10.9 Å². The molecule has 0 spiro atoms. The number of hydrogen-bond donors (Lipinski definition) is 1. The van der Waals surface area contributed by atoms with Gasteiger partial charge in [0, 0.05) is 29.4 Å². The van der Waals surface area contributed by atoms with E-state index in [9.17, 15) is 4.79 Å². The number of thioether (sulfide) groups is 1. The highest BCUT2D eigenvalue weighted by atomic mass is 32.2. The molecule has 0 bridgehead atoms. The Morgan fingerprint density at radius 3 is 2.78 bits per heavy atom. The van der Waals surface area contributed by atoms with Gasteiger partial charge < -0.3 is 9.67 Å². The number of benzene rings is 1. The molecule has 0 saturated carbocycles. The van der Waals surface area contributed by atoms with Gasteiger partial charge in [-0.05, 0) is 30.4 Å². The number of rotatable bonds is 5. The van der Waals surface area contributed by atoms with E-state index in [-0.39, 0.29) is 0 Å². The van der Waals surface area contributed by atoms with E-state index < -0.39 is 5.97 Å². The van der Waals surface area contributed by atoms with Crippen molar-refractivity contribution < 1.29 is 9.90 Å². The Hall–Kier alpha value is -1.42. The molecule has 1 aromatic carbocycles. The lowest BCUT2D eigenvalue weighted by Crippen LogP contribution is -1.97. The zero-order valence-electron chi connectivity index (χ0n) is 10.6. The fourth-order valence-corrected chi connectivity index (χ4v) is 2.74. The molecule has 0 fully saturated rings. The summed E-state index contributed by atoms with van der Waals surface area (Å²) in [6.07, 6.45) is 2.14. The normalized spacial score (nSPS) is 11.0. The summed E-state index contributed by atoms with van der Waals surface area (Å²) in [5.41, 5.74) is 2.66. The maximum Gasteiger partial charge on any atom is 0.335 e. The van der Waals surface area contributed by atoms with Gasteiger partial charge in [-0.25, -0.2) is 4.79 Å². The lowest BCUT2D eigenvalue weighted by molar-refractivity contribution is 0.0697. The molecule has 0 saturated heterocycles. The van der Waals surface area contributed by atoms with Gasteiger partial charge in [-0.2, -0.15) is 11.8 Å². The zero-order chi connectivity index (χ0) is 13.1. The first-order valence-electron chi connectivity index (χ1n) is 6.10. The highest BCUT2D eigenvalue weighted by Crippen LogP contribution is 2.26. The first kappa shape index (κ1) is 13.0. The Morgan fingerprint density at radius 1 is 1.39 bits per heavy atom. The summed E-state index contributed by atoms with van der Waals surface area (Å²) >= 11 is 1.88. The molecule has 1 heterocycles. The van der Waals surface area contributed by atoms with E-state index in [2.05, 4.69) is 24.6 Å². The number of fused-ring (bicyclic) bond motifs is 1. The third-order valence-corrected chi connectivity index (χ3v) is 3.94. The molecule has 0 aliphatic rings. The van der Waals surface area contributed by atoms with Crippen molar-refractivity contribution in [1.29, 1.82) is 0 Å². The second-order valence-corrected chi connectivity index (χ2v) is 5.39. The van der Waals surface area contributed by atoms with Crippen molar-refractivity contribution >= 4 is 28.6 Å². The Morgan fingerprint density at radius 2 is 2.17 bits per heavy atom. The van der Waals surface area contributed by atoms with E-state index in [1.54, 1.807) is 12.1 Å². The van der Waals surface area contributed by atoms with Crippen LogP contribution in [0, 0.1) is 0 Å². The topological polar surface area (TPSA) is 42.2 Å². The summed E-state index contributed by atoms with van der Waals surface area (Å²) in [7, 11) is 0. The number of aryl methyl sites for hydroxylation is 1. The molecule has 0 aliphatic heterocycles. The molecule has 0 atom stereocenters. The fraction of sp³-hybridized carbons (Fsp3) is 0.357. The number of hydrogen-bond acceptors (Lipinski definition) is 2. The molecule has 1 N–H and O–H groups in total. The van der Waals surface area contributed by atoms with Crippen LogP contribution in [0.1, 0.15) is 29.8 Å². The van der Waals surface area contributed by atoms with Crippen LogP contribution < -0.4 is 0 Å². The quantitative estimate of drug-likeness (QED) is 0.896. The highest BCUT2D eigenvalue weighted by Gasteiger charge is 2.10. The van der Waals surface area contributed by atoms with Crippen molar-refractivity contribution in [2.45, 2.75) is 26.1 Å². The van der Waals surface area contributed by atoms with Crippen molar-refractivity contribution in [3.05, 3.63) is 35.5 Å². The van der Waals surface area contributed by atoms with Crippen LogP contribution in [0.2, 0.25) is 0 Å². The van der Waals surface area contributed by atoms with Crippen LogP contribution >= 0.6 is 11.8 Å². The molecule has 18 heavy (non-hydrogen) atoms. The average Bonchev–Trinajstić information content (AvgIpc) is 2.73. The number of carboxylic acids is 1. The van der Waals surface area contributed by atoms with Crippen LogP contribution in [0.3, 0.4) is 0 Å². The van der Waals surface area contributed by atoms with Crippen molar-refractivity contribution in [3.8, 4) is 0 Å². The van der Waals surface area contributed by atoms with Gasteiger partial charge in [0.05, 0.1) is 5.56 Å². The lowest BCUT2D eigenvalue weighted by Gasteiger charge is -2.01. The van der Waals surface area contributed by atoms with Crippen LogP contribution in [0.15, 0.2) is 24.4 Å². The van der Waals surface area contributed by atoms with Gasteiger partial charge >= 0.3 is 5.97 Å². The van der Waals surface area contributed by atoms with E-state index in [1.807, 2.05) is 17.8 Å². The molecule has 1 aromatic heterocycles. The van der Waals surface area contributed by atoms with E-state index in [0.29, 0.717) is 5.56 Å². The summed E-state index contributed by atoms with van der Waals surface area (Å²) in [6, 6.07) is 5.38. The van der Waals surface area contributed by atoms with Crippen molar-refractivity contribution in [3.63, 3.8) is 0 Å². The molecule has 3 nitrogen and oxygen atoms in total. The summed E-state index contributed by atoms with van der Waals surface area (Å²) in [4.78, 5) is 11.0. The number of aromatic carboxylic acids is 1. The standard InChI is InChI=1S/C14H17NO2S/c1-3-15-8-11(9-18-4-2)12-6-5-10(14(16)17)7-13(12)15/h5-8H,3-4,9H2,1-2H3,(H,16,17). The summed E-state index contributed by atoms with van der Waals surface area (Å²) in [5.74, 6) is 1.20. The Labute approximate surface area is 111 Å². The second-order valence-electron chi connectivity index (χ2n) is 4.11. The number of carboxylic acid groups (broad SMARTS) is 1. The smallest absolute Gasteiger partial charge is 0.335 e. The predicted molar refractivity (Wildman–Crippen MR) is 76.4 cm³/mol. The summed E-state index contributed by atoms with van der Waals surface area (Å²) in [6.45, 7) is 5.08. The average molecular weight is 263 g/mol. The van der Waals surface area contributed by atoms with E-state index in [0.717, 1.165) is 23.6 Å². The second kappa shape index (κ2) is 5.48. The minimum Gasteiger partial charge on any atom is -0.478 e. The number of carbonyl (C=O) groups is 1. The largest absolute Gasteiger partial charge is 0.478 e. The maximum atomic E-state index is 11.0. The summed E-state index contributed by atoms with van der Waals surface area (Å²) < 4.78 is 2.12. The van der Waals surface area contributed by atoms with Crippen LogP contribution in [-0.4, -0.2) is 21.4 Å². The first-order chi connectivity index (χ1) is 8.67. The highest BCUT2D eigenvalue weighted by molar-refractivity contribution is 7.98. The number of nitrogens with zero attached hydrogens (tertiary/aromatic N) is 1. The fourth-order valence-electron chi connectivity index (χ4n) is 2.09. The summed E-state index contributed by atoms with van der Waals surface area (Å²) in [5, 5.41) is 10.2. The molecule has 0 unspecified atom stereocenters. The first-order valence-corrected chi connectivity index (χ1v) is 7.25. The molecule has 2 rings (SSSR count). The number of aromatic nitrogens is 1.